The Hall–Kier alpha value is -4.96. The highest BCUT2D eigenvalue weighted by Crippen LogP contribution is 2.71. The fourth-order valence-electron chi connectivity index (χ4n) is 12.9. The number of hydrogen-bond donors (Lipinski definition) is 0. The van der Waals surface area contributed by atoms with Gasteiger partial charge in [-0.2, -0.15) is 0 Å². The topological polar surface area (TPSA) is 52.6 Å². The molecule has 4 heteroatoms. The number of carbonyl (C=O) groups is 2. The molecule has 0 fully saturated rings. The quantitative estimate of drug-likeness (QED) is 0.141. The molecule has 0 amide bonds. The van der Waals surface area contributed by atoms with Crippen LogP contribution in [-0.4, -0.2) is 11.9 Å². The minimum atomic E-state index is -0.286. The van der Waals surface area contributed by atoms with Gasteiger partial charge in [0.05, 0.1) is 0 Å². The van der Waals surface area contributed by atoms with E-state index in [4.69, 9.17) is 9.47 Å². The Morgan fingerprint density at radius 3 is 0.900 bits per heavy atom. The summed E-state index contributed by atoms with van der Waals surface area (Å²) in [6.07, 6.45) is 4.17. The predicted octanol–water partition coefficient (Wildman–Crippen LogP) is 9.46. The van der Waals surface area contributed by atoms with Gasteiger partial charge in [-0.1, -0.05) is 72.8 Å². The van der Waals surface area contributed by atoms with E-state index in [1.54, 1.807) is 0 Å². The van der Waals surface area contributed by atoms with Crippen molar-refractivity contribution in [3.8, 4) is 11.5 Å². The van der Waals surface area contributed by atoms with E-state index in [9.17, 15) is 9.59 Å². The molecular weight excluding hydrogens is 617 g/mol. The smallest absolute Gasteiger partial charge is 0.308 e. The van der Waals surface area contributed by atoms with Gasteiger partial charge in [0.1, 0.15) is 11.5 Å². The minimum Gasteiger partial charge on any atom is -0.426 e. The number of hydrogen-bond acceptors (Lipinski definition) is 4. The van der Waals surface area contributed by atoms with E-state index < -0.39 is 0 Å². The number of carbonyl (C=O) groups excluding carboxylic acids is 2. The maximum Gasteiger partial charge on any atom is 0.308 e. The lowest BCUT2D eigenvalue weighted by Gasteiger charge is -2.32. The number of fused-ring (bicyclic) bond motifs is 32. The van der Waals surface area contributed by atoms with Gasteiger partial charge in [-0.15, -0.1) is 0 Å². The molecule has 8 aliphatic rings. The summed E-state index contributed by atoms with van der Waals surface area (Å²) < 4.78 is 12.8. The minimum absolute atomic E-state index is 0.115. The number of benzene rings is 5. The Balaban J connectivity index is 1.01. The fraction of sp³-hybridized carbons (Fsp3) is 0.304. The first-order valence-electron chi connectivity index (χ1n) is 18.6. The number of esters is 2. The fourth-order valence-corrected chi connectivity index (χ4v) is 12.9. The molecule has 0 N–H and O–H groups in total. The summed E-state index contributed by atoms with van der Waals surface area (Å²) in [4.78, 5) is 26.0. The SMILES string of the molecule is CC(=O)Oc1c2c(c(OC(C)=O)c3c1C1CC3c3cc4c(cc31)C1CC4c3ccccc31)C1CC2c2cc3c(cc21)C1CC3c2ccccc21. The molecular formula is C46H34O4. The van der Waals surface area contributed by atoms with Gasteiger partial charge in [0.2, 0.25) is 0 Å². The highest BCUT2D eigenvalue weighted by atomic mass is 16.5. The molecule has 5 aromatic carbocycles. The monoisotopic (exact) mass is 650 g/mol. The van der Waals surface area contributed by atoms with Crippen LogP contribution in [0.4, 0.5) is 0 Å². The van der Waals surface area contributed by atoms with Gasteiger partial charge < -0.3 is 9.47 Å². The van der Waals surface area contributed by atoms with Gasteiger partial charge in [0.25, 0.3) is 0 Å². The third-order valence-corrected chi connectivity index (χ3v) is 14.4. The average Bonchev–Trinajstić information content (AvgIpc) is 3.98. The summed E-state index contributed by atoms with van der Waals surface area (Å²) in [7, 11) is 0. The maximum absolute atomic E-state index is 13.0. The Kier molecular flexibility index (Phi) is 4.65. The standard InChI is InChI=1S/C46H34O4/c1-19(47)49-45-41-37-17-39(35-15-31-27-11-25(29(31)13-33(35)37)21-7-3-5-9-23(21)27)43(41)46(50-20(2)48)44-40-18-38(42(44)45)34-14-30-26-12-28(32(30)16-36(34)40)24-10-6-4-8-22(24)26/h3-10,13-16,25-28,37-40H,11-12,17-18H2,1-2H3. The van der Waals surface area contributed by atoms with Crippen LogP contribution in [0.2, 0.25) is 0 Å². The molecule has 0 aliphatic heterocycles. The predicted molar refractivity (Wildman–Crippen MR) is 188 cm³/mol. The lowest BCUT2D eigenvalue weighted by Crippen LogP contribution is -2.19. The summed E-state index contributed by atoms with van der Waals surface area (Å²) >= 11 is 0. The van der Waals surface area contributed by atoms with Crippen molar-refractivity contribution < 1.29 is 19.1 Å². The zero-order valence-corrected chi connectivity index (χ0v) is 28.0. The first-order valence-corrected chi connectivity index (χ1v) is 18.6. The second-order valence-electron chi connectivity index (χ2n) is 16.3. The van der Waals surface area contributed by atoms with Gasteiger partial charge in [-0.05, 0) is 92.4 Å². The molecule has 0 saturated carbocycles. The van der Waals surface area contributed by atoms with E-state index in [0.717, 1.165) is 59.4 Å². The Morgan fingerprint density at radius 1 is 0.400 bits per heavy atom. The highest BCUT2D eigenvalue weighted by molar-refractivity contribution is 5.83. The molecule has 0 radical (unpaired) electrons. The van der Waals surface area contributed by atoms with Crippen LogP contribution in [0.25, 0.3) is 0 Å². The van der Waals surface area contributed by atoms with Crippen molar-refractivity contribution in [3.63, 3.8) is 0 Å². The van der Waals surface area contributed by atoms with Crippen molar-refractivity contribution in [2.24, 2.45) is 0 Å². The van der Waals surface area contributed by atoms with Crippen LogP contribution in [0.3, 0.4) is 0 Å². The Labute approximate surface area is 290 Å². The van der Waals surface area contributed by atoms with E-state index in [1.165, 1.54) is 80.6 Å². The zero-order valence-electron chi connectivity index (χ0n) is 28.0. The first kappa shape index (κ1) is 26.8. The largest absolute Gasteiger partial charge is 0.426 e. The van der Waals surface area contributed by atoms with Crippen LogP contribution in [0.1, 0.15) is 176 Å². The number of ether oxygens (including phenoxy) is 2. The third-order valence-electron chi connectivity index (χ3n) is 14.4. The lowest BCUT2D eigenvalue weighted by molar-refractivity contribution is -0.133. The summed E-state index contributed by atoms with van der Waals surface area (Å²) in [5.74, 6) is 3.22. The van der Waals surface area contributed by atoms with Crippen molar-refractivity contribution in [1.29, 1.82) is 0 Å². The van der Waals surface area contributed by atoms with Crippen LogP contribution in [0, 0.1) is 0 Å². The molecule has 0 saturated heterocycles. The van der Waals surface area contributed by atoms with Gasteiger partial charge in [0, 0.05) is 83.4 Å². The zero-order chi connectivity index (χ0) is 32.9. The Morgan fingerprint density at radius 2 is 0.640 bits per heavy atom. The molecule has 8 bridgehead atoms. The lowest BCUT2D eigenvalue weighted by atomic mass is 9.74. The molecule has 242 valence electrons. The molecule has 5 aromatic rings. The molecule has 0 spiro atoms. The highest BCUT2D eigenvalue weighted by Gasteiger charge is 2.55. The first-order chi connectivity index (χ1) is 24.4. The third kappa shape index (κ3) is 2.93. The maximum atomic E-state index is 13.0. The summed E-state index contributed by atoms with van der Waals surface area (Å²) in [5.41, 5.74) is 21.8. The van der Waals surface area contributed by atoms with Crippen LogP contribution in [0.15, 0.2) is 72.8 Å². The van der Waals surface area contributed by atoms with E-state index in [0.29, 0.717) is 23.7 Å². The normalized spacial score (nSPS) is 28.8. The van der Waals surface area contributed by atoms with Crippen molar-refractivity contribution >= 4 is 11.9 Å². The molecule has 8 atom stereocenters. The molecule has 8 aliphatic carbocycles. The van der Waals surface area contributed by atoms with E-state index in [1.807, 2.05) is 0 Å². The summed E-state index contributed by atoms with van der Waals surface area (Å²) in [5, 5.41) is 0. The summed E-state index contributed by atoms with van der Waals surface area (Å²) in [6.45, 7) is 3.06. The van der Waals surface area contributed by atoms with Crippen LogP contribution >= 0.6 is 0 Å². The van der Waals surface area contributed by atoms with Crippen LogP contribution < -0.4 is 9.47 Å². The second kappa shape index (κ2) is 8.66. The summed E-state index contributed by atoms with van der Waals surface area (Å²) in [6, 6.07) is 28.0. The van der Waals surface area contributed by atoms with Crippen molar-refractivity contribution in [3.05, 3.63) is 162 Å². The van der Waals surface area contributed by atoms with Gasteiger partial charge in [-0.3, -0.25) is 9.59 Å². The van der Waals surface area contributed by atoms with Crippen molar-refractivity contribution in [1.82, 2.24) is 0 Å². The number of rotatable bonds is 2. The van der Waals surface area contributed by atoms with Crippen molar-refractivity contribution in [2.75, 3.05) is 0 Å². The van der Waals surface area contributed by atoms with Gasteiger partial charge in [-0.25, -0.2) is 0 Å². The van der Waals surface area contributed by atoms with Gasteiger partial charge >= 0.3 is 11.9 Å². The molecule has 0 aromatic heterocycles. The molecule has 4 nitrogen and oxygen atoms in total. The average molecular weight is 651 g/mol. The molecule has 0 heterocycles. The van der Waals surface area contributed by atoms with Crippen molar-refractivity contribution in [2.45, 2.75) is 86.9 Å². The Bertz CT molecular complexity index is 2200. The van der Waals surface area contributed by atoms with Crippen LogP contribution in [-0.2, 0) is 9.59 Å². The molecule has 13 rings (SSSR count). The second-order valence-corrected chi connectivity index (χ2v) is 16.3. The van der Waals surface area contributed by atoms with E-state index in [-0.39, 0.29) is 35.6 Å². The van der Waals surface area contributed by atoms with E-state index >= 15 is 0 Å². The van der Waals surface area contributed by atoms with E-state index in [2.05, 4.69) is 72.8 Å². The molecule has 8 unspecified atom stereocenters. The molecule has 50 heavy (non-hydrogen) atoms. The van der Waals surface area contributed by atoms with Crippen LogP contribution in [0.5, 0.6) is 11.5 Å². The van der Waals surface area contributed by atoms with Gasteiger partial charge in [0.15, 0.2) is 0 Å².